The Bertz CT molecular complexity index is 709. The fourth-order valence-electron chi connectivity index (χ4n) is 1.77. The van der Waals surface area contributed by atoms with E-state index in [-0.39, 0.29) is 0 Å². The molecular weight excluding hydrogens is 314 g/mol. The molecule has 0 aliphatic carbocycles. The van der Waals surface area contributed by atoms with Gasteiger partial charge in [0.25, 0.3) is 0 Å². The Kier molecular flexibility index (Phi) is 4.24. The van der Waals surface area contributed by atoms with E-state index in [2.05, 4.69) is 4.65 Å². The number of phenolic OH excluding ortho intramolecular Hbond substituents is 1. The van der Waals surface area contributed by atoms with Crippen molar-refractivity contribution in [3.05, 3.63) is 47.3 Å². The first kappa shape index (κ1) is 16.1. The summed E-state index contributed by atoms with van der Waals surface area (Å²) in [6.45, 7) is 0. The van der Waals surface area contributed by atoms with Gasteiger partial charge in [-0.2, -0.15) is 0 Å². The predicted molar refractivity (Wildman–Crippen MR) is 64.2 cm³/mol. The summed E-state index contributed by atoms with van der Waals surface area (Å²) in [7, 11) is -2.41. The zero-order chi connectivity index (χ0) is 16.6. The molecule has 0 aliphatic rings. The fraction of sp³-hybridized carbons (Fsp3) is 0. The maximum absolute atomic E-state index is 13.8. The van der Waals surface area contributed by atoms with E-state index in [0.29, 0.717) is 6.07 Å². The second-order valence-electron chi connectivity index (χ2n) is 4.07. The van der Waals surface area contributed by atoms with Gasteiger partial charge in [0.1, 0.15) is 11.5 Å². The third-order valence-corrected chi connectivity index (χ3v) is 2.67. The minimum Gasteiger partial charge on any atom is -0.511 e. The van der Waals surface area contributed by atoms with Crippen LogP contribution in [0.15, 0.2) is 18.2 Å². The molecule has 0 fully saturated rings. The molecule has 0 saturated carbocycles. The Balaban J connectivity index is 2.79. The SMILES string of the molecule is OB(O)Oc1ccc(O)cc1-c1c(F)c(F)c(F)c(F)c1F. The van der Waals surface area contributed by atoms with Crippen LogP contribution in [0.4, 0.5) is 22.0 Å². The summed E-state index contributed by atoms with van der Waals surface area (Å²) in [5, 5.41) is 26.7. The van der Waals surface area contributed by atoms with Crippen LogP contribution in [0.5, 0.6) is 11.5 Å². The molecule has 22 heavy (non-hydrogen) atoms. The molecule has 3 N–H and O–H groups in total. The number of halogens is 5. The van der Waals surface area contributed by atoms with Crippen molar-refractivity contribution in [2.75, 3.05) is 0 Å². The van der Waals surface area contributed by atoms with E-state index in [1.54, 1.807) is 0 Å². The Morgan fingerprint density at radius 1 is 0.818 bits per heavy atom. The van der Waals surface area contributed by atoms with Crippen molar-refractivity contribution in [3.63, 3.8) is 0 Å². The predicted octanol–water partition coefficient (Wildman–Crippen LogP) is 2.10. The topological polar surface area (TPSA) is 69.9 Å². The molecule has 2 aromatic rings. The minimum absolute atomic E-state index is 0.571. The number of phenols is 1. The van der Waals surface area contributed by atoms with Crippen molar-refractivity contribution in [3.8, 4) is 22.6 Å². The number of hydrogen-bond acceptors (Lipinski definition) is 4. The highest BCUT2D eigenvalue weighted by atomic mass is 19.2. The lowest BCUT2D eigenvalue weighted by Crippen LogP contribution is -2.21. The first-order valence-corrected chi connectivity index (χ1v) is 5.61. The molecule has 4 nitrogen and oxygen atoms in total. The molecule has 0 atom stereocenters. The number of hydrogen-bond donors (Lipinski definition) is 3. The zero-order valence-corrected chi connectivity index (χ0v) is 10.4. The monoisotopic (exact) mass is 320 g/mol. The molecule has 116 valence electrons. The van der Waals surface area contributed by atoms with Gasteiger partial charge in [0.05, 0.1) is 5.56 Å². The average Bonchev–Trinajstić information content (AvgIpc) is 2.45. The quantitative estimate of drug-likeness (QED) is 0.351. The molecule has 2 rings (SSSR count). The summed E-state index contributed by atoms with van der Waals surface area (Å²) in [5.74, 6) is -12.2. The van der Waals surface area contributed by atoms with Crippen LogP contribution in [0, 0.1) is 29.1 Å². The van der Waals surface area contributed by atoms with E-state index >= 15 is 0 Å². The van der Waals surface area contributed by atoms with Gasteiger partial charge in [-0.15, -0.1) is 0 Å². The molecule has 2 aromatic carbocycles. The van der Waals surface area contributed by atoms with Gasteiger partial charge in [-0.05, 0) is 18.2 Å². The lowest BCUT2D eigenvalue weighted by Gasteiger charge is -2.14. The van der Waals surface area contributed by atoms with Crippen molar-refractivity contribution in [1.29, 1.82) is 0 Å². The van der Waals surface area contributed by atoms with Crippen molar-refractivity contribution in [1.82, 2.24) is 0 Å². The third kappa shape index (κ3) is 2.70. The van der Waals surface area contributed by atoms with E-state index in [9.17, 15) is 27.1 Å². The van der Waals surface area contributed by atoms with Gasteiger partial charge in [0.2, 0.25) is 5.82 Å². The number of aromatic hydroxyl groups is 1. The molecule has 10 heteroatoms. The second-order valence-corrected chi connectivity index (χ2v) is 4.07. The summed E-state index contributed by atoms with van der Waals surface area (Å²) < 4.78 is 71.4. The molecule has 0 amide bonds. The van der Waals surface area contributed by atoms with Gasteiger partial charge >= 0.3 is 7.32 Å². The molecule has 0 heterocycles. The molecule has 0 aromatic heterocycles. The first-order chi connectivity index (χ1) is 10.2. The van der Waals surface area contributed by atoms with Crippen LogP contribution in [0.2, 0.25) is 0 Å². The van der Waals surface area contributed by atoms with Gasteiger partial charge in [-0.3, -0.25) is 0 Å². The maximum atomic E-state index is 13.8. The lowest BCUT2D eigenvalue weighted by molar-refractivity contribution is 0.288. The van der Waals surface area contributed by atoms with Gasteiger partial charge in [0, 0.05) is 5.56 Å². The van der Waals surface area contributed by atoms with Gasteiger partial charge < -0.3 is 19.8 Å². The molecule has 0 radical (unpaired) electrons. The Morgan fingerprint density at radius 2 is 1.32 bits per heavy atom. The molecule has 0 unspecified atom stereocenters. The molecule has 0 bridgehead atoms. The summed E-state index contributed by atoms with van der Waals surface area (Å²) in [4.78, 5) is 0. The van der Waals surface area contributed by atoms with Crippen LogP contribution in [0.1, 0.15) is 0 Å². The van der Waals surface area contributed by atoms with Crippen molar-refractivity contribution >= 4 is 7.32 Å². The standard InChI is InChI=1S/C12H6BF5O4/c14-8-7(9(15)11(17)12(18)10(8)16)5-3-4(19)1-2-6(5)22-13(20)21/h1-3,19-21H. The van der Waals surface area contributed by atoms with Crippen molar-refractivity contribution in [2.45, 2.75) is 0 Å². The second kappa shape index (κ2) is 5.81. The van der Waals surface area contributed by atoms with Crippen LogP contribution < -0.4 is 4.65 Å². The average molecular weight is 320 g/mol. The smallest absolute Gasteiger partial charge is 0.511 e. The van der Waals surface area contributed by atoms with Crippen molar-refractivity contribution in [2.24, 2.45) is 0 Å². The fourth-order valence-corrected chi connectivity index (χ4v) is 1.77. The van der Waals surface area contributed by atoms with E-state index in [1.165, 1.54) is 0 Å². The van der Waals surface area contributed by atoms with Gasteiger partial charge in [-0.1, -0.05) is 0 Å². The van der Waals surface area contributed by atoms with Crippen LogP contribution in [0.25, 0.3) is 11.1 Å². The number of rotatable bonds is 3. The highest BCUT2D eigenvalue weighted by Crippen LogP contribution is 2.38. The zero-order valence-electron chi connectivity index (χ0n) is 10.4. The van der Waals surface area contributed by atoms with Crippen LogP contribution in [0.3, 0.4) is 0 Å². The maximum Gasteiger partial charge on any atom is 0.707 e. The van der Waals surface area contributed by atoms with E-state index in [0.717, 1.165) is 12.1 Å². The van der Waals surface area contributed by atoms with Gasteiger partial charge in [0.15, 0.2) is 23.3 Å². The third-order valence-electron chi connectivity index (χ3n) is 2.67. The van der Waals surface area contributed by atoms with E-state index in [4.69, 9.17) is 10.0 Å². The largest absolute Gasteiger partial charge is 0.707 e. The van der Waals surface area contributed by atoms with E-state index in [1.807, 2.05) is 0 Å². The number of benzene rings is 2. The van der Waals surface area contributed by atoms with Crippen LogP contribution in [-0.4, -0.2) is 22.5 Å². The summed E-state index contributed by atoms with van der Waals surface area (Å²) in [5.41, 5.74) is -2.12. The van der Waals surface area contributed by atoms with Crippen molar-refractivity contribution < 1.29 is 41.8 Å². The Hall–Kier alpha value is -2.33. The van der Waals surface area contributed by atoms with Crippen LogP contribution in [-0.2, 0) is 0 Å². The molecule has 0 saturated heterocycles. The normalized spacial score (nSPS) is 10.7. The molecule has 0 spiro atoms. The molecular formula is C12H6BF5O4. The van der Waals surface area contributed by atoms with E-state index < -0.39 is 59.0 Å². The van der Waals surface area contributed by atoms with Crippen LogP contribution >= 0.6 is 0 Å². The summed E-state index contributed by atoms with van der Waals surface area (Å²) in [6, 6.07) is 2.46. The lowest BCUT2D eigenvalue weighted by atomic mass is 10.0. The Labute approximate surface area is 120 Å². The minimum atomic E-state index is -2.41. The van der Waals surface area contributed by atoms with Gasteiger partial charge in [-0.25, -0.2) is 22.0 Å². The highest BCUT2D eigenvalue weighted by molar-refractivity contribution is 6.34. The highest BCUT2D eigenvalue weighted by Gasteiger charge is 2.29. The Morgan fingerprint density at radius 3 is 1.82 bits per heavy atom. The summed E-state index contributed by atoms with van der Waals surface area (Å²) in [6.07, 6.45) is 0. The first-order valence-electron chi connectivity index (χ1n) is 5.61. The summed E-state index contributed by atoms with van der Waals surface area (Å²) >= 11 is 0. The molecule has 0 aliphatic heterocycles.